The standard InChI is InChI=1S/C12H30NO2Si/c1-6-10-14-16(15-11-7-2)12-8-9-13(3,4)5/h16H,6-12H2,1-5H3/q+1. The molecule has 0 saturated heterocycles. The zero-order valence-electron chi connectivity index (χ0n) is 11.8. The molecule has 0 radical (unpaired) electrons. The molecule has 98 valence electrons. The molecule has 0 atom stereocenters. The minimum Gasteiger partial charge on any atom is -0.397 e. The van der Waals surface area contributed by atoms with Gasteiger partial charge < -0.3 is 13.3 Å². The molecule has 0 heterocycles. The fourth-order valence-electron chi connectivity index (χ4n) is 1.45. The molecule has 0 N–H and O–H groups in total. The van der Waals surface area contributed by atoms with Gasteiger partial charge in [-0.25, -0.2) is 0 Å². The van der Waals surface area contributed by atoms with E-state index < -0.39 is 9.28 Å². The van der Waals surface area contributed by atoms with Gasteiger partial charge in [0.1, 0.15) is 0 Å². The van der Waals surface area contributed by atoms with Crippen LogP contribution in [-0.4, -0.2) is 54.7 Å². The van der Waals surface area contributed by atoms with Crippen molar-refractivity contribution in [3.63, 3.8) is 0 Å². The van der Waals surface area contributed by atoms with Gasteiger partial charge in [-0.15, -0.1) is 0 Å². The zero-order chi connectivity index (χ0) is 12.4. The molecule has 0 aromatic rings. The van der Waals surface area contributed by atoms with Gasteiger partial charge in [-0.1, -0.05) is 13.8 Å². The van der Waals surface area contributed by atoms with Crippen LogP contribution in [0.25, 0.3) is 0 Å². The Bertz CT molecular complexity index is 152. The lowest BCUT2D eigenvalue weighted by Crippen LogP contribution is -2.36. The van der Waals surface area contributed by atoms with Crippen molar-refractivity contribution in [1.29, 1.82) is 0 Å². The lowest BCUT2D eigenvalue weighted by Gasteiger charge is -2.24. The molecule has 0 aliphatic carbocycles. The van der Waals surface area contributed by atoms with Gasteiger partial charge in [-0.05, 0) is 25.3 Å². The van der Waals surface area contributed by atoms with Crippen LogP contribution in [0.4, 0.5) is 0 Å². The summed E-state index contributed by atoms with van der Waals surface area (Å²) < 4.78 is 12.7. The van der Waals surface area contributed by atoms with Crippen LogP contribution in [0.2, 0.25) is 6.04 Å². The van der Waals surface area contributed by atoms with E-state index in [9.17, 15) is 0 Å². The highest BCUT2D eigenvalue weighted by atomic mass is 28.3. The Balaban J connectivity index is 3.72. The summed E-state index contributed by atoms with van der Waals surface area (Å²) >= 11 is 0. The van der Waals surface area contributed by atoms with E-state index in [0.29, 0.717) is 0 Å². The molecule has 0 amide bonds. The maximum atomic E-state index is 5.82. The summed E-state index contributed by atoms with van der Waals surface area (Å²) in [7, 11) is 5.33. The molecule has 0 rings (SSSR count). The first-order valence-corrected chi connectivity index (χ1v) is 8.29. The normalized spacial score (nSPS) is 12.4. The Labute approximate surface area is 103 Å². The van der Waals surface area contributed by atoms with Gasteiger partial charge in [0, 0.05) is 13.2 Å². The van der Waals surface area contributed by atoms with E-state index in [4.69, 9.17) is 8.85 Å². The summed E-state index contributed by atoms with van der Waals surface area (Å²) in [6.45, 7) is 7.24. The Kier molecular flexibility index (Phi) is 9.22. The van der Waals surface area contributed by atoms with Gasteiger partial charge in [-0.3, -0.25) is 0 Å². The maximum Gasteiger partial charge on any atom is 0.321 e. The van der Waals surface area contributed by atoms with Gasteiger partial charge in [-0.2, -0.15) is 0 Å². The number of hydrogen-bond donors (Lipinski definition) is 0. The lowest BCUT2D eigenvalue weighted by atomic mass is 10.4. The third kappa shape index (κ3) is 10.6. The summed E-state index contributed by atoms with van der Waals surface area (Å²) in [6.07, 6.45) is 3.40. The van der Waals surface area contributed by atoms with E-state index in [1.54, 1.807) is 0 Å². The van der Waals surface area contributed by atoms with Crippen LogP contribution >= 0.6 is 0 Å². The molecule has 4 heteroatoms. The summed E-state index contributed by atoms with van der Waals surface area (Å²) in [5.74, 6) is 0. The molecule has 0 spiro atoms. The predicted molar refractivity (Wildman–Crippen MR) is 72.0 cm³/mol. The molecular formula is C12H30NO2Si+. The second kappa shape index (κ2) is 9.16. The maximum absolute atomic E-state index is 5.82. The molecule has 0 bridgehead atoms. The second-order valence-corrected chi connectivity index (χ2v) is 7.43. The smallest absolute Gasteiger partial charge is 0.321 e. The van der Waals surface area contributed by atoms with E-state index in [1.807, 2.05) is 0 Å². The third-order valence-corrected chi connectivity index (χ3v) is 4.38. The molecular weight excluding hydrogens is 218 g/mol. The second-order valence-electron chi connectivity index (χ2n) is 5.33. The Morgan fingerprint density at radius 3 is 1.81 bits per heavy atom. The van der Waals surface area contributed by atoms with Crippen molar-refractivity contribution < 1.29 is 13.3 Å². The van der Waals surface area contributed by atoms with Crippen molar-refractivity contribution in [2.24, 2.45) is 0 Å². The van der Waals surface area contributed by atoms with E-state index >= 15 is 0 Å². The van der Waals surface area contributed by atoms with Crippen LogP contribution in [0.5, 0.6) is 0 Å². The van der Waals surface area contributed by atoms with E-state index in [2.05, 4.69) is 35.0 Å². The fourth-order valence-corrected chi connectivity index (χ4v) is 3.39. The van der Waals surface area contributed by atoms with Gasteiger partial charge >= 0.3 is 9.28 Å². The van der Waals surface area contributed by atoms with Gasteiger partial charge in [0.05, 0.1) is 27.7 Å². The first-order chi connectivity index (χ1) is 7.49. The largest absolute Gasteiger partial charge is 0.397 e. The van der Waals surface area contributed by atoms with Crippen molar-refractivity contribution in [1.82, 2.24) is 0 Å². The summed E-state index contributed by atoms with van der Waals surface area (Å²) in [4.78, 5) is 0. The van der Waals surface area contributed by atoms with Crippen LogP contribution in [0.15, 0.2) is 0 Å². The van der Waals surface area contributed by atoms with Crippen molar-refractivity contribution >= 4 is 9.28 Å². The molecule has 16 heavy (non-hydrogen) atoms. The van der Waals surface area contributed by atoms with Crippen LogP contribution in [0.3, 0.4) is 0 Å². The molecule has 0 saturated carbocycles. The number of hydrogen-bond acceptors (Lipinski definition) is 2. The van der Waals surface area contributed by atoms with E-state index in [0.717, 1.165) is 36.6 Å². The minimum atomic E-state index is -1.37. The van der Waals surface area contributed by atoms with Gasteiger partial charge in [0.2, 0.25) is 0 Å². The number of nitrogens with zero attached hydrogens (tertiary/aromatic N) is 1. The molecule has 0 aliphatic rings. The number of rotatable bonds is 10. The molecule has 0 unspecified atom stereocenters. The Morgan fingerprint density at radius 1 is 0.938 bits per heavy atom. The predicted octanol–water partition coefficient (Wildman–Crippen LogP) is 2.16. The average molecular weight is 248 g/mol. The SMILES string of the molecule is CCCO[SiH](CCC[N+](C)(C)C)OCCC. The summed E-state index contributed by atoms with van der Waals surface area (Å²) in [5.41, 5.74) is 0. The molecule has 0 aromatic carbocycles. The van der Waals surface area contributed by atoms with Crippen molar-refractivity contribution in [3.8, 4) is 0 Å². The molecule has 0 fully saturated rings. The molecule has 0 aliphatic heterocycles. The van der Waals surface area contributed by atoms with Crippen LogP contribution in [-0.2, 0) is 8.85 Å². The van der Waals surface area contributed by atoms with Crippen LogP contribution in [0, 0.1) is 0 Å². The first kappa shape index (κ1) is 16.1. The Hall–Kier alpha value is 0.0969. The zero-order valence-corrected chi connectivity index (χ0v) is 12.9. The van der Waals surface area contributed by atoms with E-state index in [-0.39, 0.29) is 0 Å². The minimum absolute atomic E-state index is 0.866. The van der Waals surface area contributed by atoms with Crippen LogP contribution in [0.1, 0.15) is 33.1 Å². The number of quaternary nitrogens is 1. The molecule has 3 nitrogen and oxygen atoms in total. The quantitative estimate of drug-likeness (QED) is 0.436. The van der Waals surface area contributed by atoms with Crippen molar-refractivity contribution in [2.45, 2.75) is 39.2 Å². The van der Waals surface area contributed by atoms with Gasteiger partial charge in [0.15, 0.2) is 0 Å². The lowest BCUT2D eigenvalue weighted by molar-refractivity contribution is -0.870. The third-order valence-electron chi connectivity index (χ3n) is 2.28. The average Bonchev–Trinajstić information content (AvgIpc) is 2.19. The highest BCUT2D eigenvalue weighted by Gasteiger charge is 2.15. The van der Waals surface area contributed by atoms with Crippen LogP contribution < -0.4 is 0 Å². The van der Waals surface area contributed by atoms with Crippen molar-refractivity contribution in [3.05, 3.63) is 0 Å². The summed E-state index contributed by atoms with van der Waals surface area (Å²) in [5, 5.41) is 0. The monoisotopic (exact) mass is 248 g/mol. The summed E-state index contributed by atoms with van der Waals surface area (Å²) in [6, 6.07) is 1.15. The molecule has 0 aromatic heterocycles. The highest BCUT2D eigenvalue weighted by Crippen LogP contribution is 2.06. The van der Waals surface area contributed by atoms with Crippen molar-refractivity contribution in [2.75, 3.05) is 40.9 Å². The highest BCUT2D eigenvalue weighted by molar-refractivity contribution is 6.44. The topological polar surface area (TPSA) is 18.5 Å². The van der Waals surface area contributed by atoms with E-state index in [1.165, 1.54) is 13.0 Å². The Morgan fingerprint density at radius 2 is 1.44 bits per heavy atom. The first-order valence-electron chi connectivity index (χ1n) is 6.53. The fraction of sp³-hybridized carbons (Fsp3) is 1.00. The van der Waals surface area contributed by atoms with Gasteiger partial charge in [0.25, 0.3) is 0 Å².